The summed E-state index contributed by atoms with van der Waals surface area (Å²) in [6, 6.07) is 0. The molecule has 0 aliphatic carbocycles. The Labute approximate surface area is 116 Å². The minimum absolute atomic E-state index is 0.0132. The van der Waals surface area contributed by atoms with Crippen LogP contribution in [0.4, 0.5) is 0 Å². The monoisotopic (exact) mass is 340 g/mol. The Bertz CT molecular complexity index is 197. The highest BCUT2D eigenvalue weighted by Crippen LogP contribution is 2.32. The van der Waals surface area contributed by atoms with Gasteiger partial charge in [0.15, 0.2) is 0 Å². The summed E-state index contributed by atoms with van der Waals surface area (Å²) in [6.45, 7) is 16.7. The van der Waals surface area contributed by atoms with E-state index >= 15 is 0 Å². The van der Waals surface area contributed by atoms with E-state index in [1.54, 1.807) is 0 Å². The molecule has 16 heavy (non-hydrogen) atoms. The number of alkyl halides is 1. The van der Waals surface area contributed by atoms with Crippen LogP contribution in [0.25, 0.3) is 0 Å². The van der Waals surface area contributed by atoms with Crippen molar-refractivity contribution in [2.45, 2.75) is 70.8 Å². The predicted octanol–water partition coefficient (Wildman–Crippen LogP) is 5.07. The van der Waals surface area contributed by atoms with Gasteiger partial charge in [-0.2, -0.15) is 0 Å². The van der Waals surface area contributed by atoms with E-state index in [0.717, 1.165) is 13.0 Å². The standard InChI is InChI=1S/C14H29IO/c1-8-11(2)14(6,7)16-10-9-13(4,5)12(3)15/h11-12H,8-10H2,1-7H3. The first-order chi connectivity index (χ1) is 7.13. The Kier molecular flexibility index (Phi) is 6.86. The molecule has 0 saturated heterocycles. The number of ether oxygens (including phenoxy) is 1. The maximum Gasteiger partial charge on any atom is 0.0651 e. The first-order valence-electron chi connectivity index (χ1n) is 6.41. The van der Waals surface area contributed by atoms with E-state index in [-0.39, 0.29) is 5.60 Å². The summed E-state index contributed by atoms with van der Waals surface area (Å²) in [5, 5.41) is 0. The second-order valence-electron chi connectivity index (χ2n) is 6.12. The smallest absolute Gasteiger partial charge is 0.0651 e. The Morgan fingerprint density at radius 2 is 1.62 bits per heavy atom. The van der Waals surface area contributed by atoms with Gasteiger partial charge in [0, 0.05) is 10.5 Å². The molecule has 0 bridgehead atoms. The van der Waals surface area contributed by atoms with E-state index < -0.39 is 0 Å². The highest BCUT2D eigenvalue weighted by atomic mass is 127. The van der Waals surface area contributed by atoms with Crippen molar-refractivity contribution in [1.29, 1.82) is 0 Å². The Morgan fingerprint density at radius 1 is 1.12 bits per heavy atom. The maximum absolute atomic E-state index is 6.06. The summed E-state index contributed by atoms with van der Waals surface area (Å²) in [6.07, 6.45) is 2.32. The molecule has 0 aromatic heterocycles. The van der Waals surface area contributed by atoms with E-state index in [0.29, 0.717) is 15.3 Å². The molecule has 0 spiro atoms. The van der Waals surface area contributed by atoms with Gasteiger partial charge in [-0.3, -0.25) is 0 Å². The van der Waals surface area contributed by atoms with Crippen molar-refractivity contribution < 1.29 is 4.74 Å². The molecule has 0 radical (unpaired) electrons. The van der Waals surface area contributed by atoms with Gasteiger partial charge in [0.2, 0.25) is 0 Å². The molecule has 0 saturated carbocycles. The molecule has 0 heterocycles. The van der Waals surface area contributed by atoms with Crippen molar-refractivity contribution in [3.8, 4) is 0 Å². The summed E-state index contributed by atoms with van der Waals surface area (Å²) in [4.78, 5) is 0. The van der Waals surface area contributed by atoms with Crippen molar-refractivity contribution in [1.82, 2.24) is 0 Å². The number of hydrogen-bond donors (Lipinski definition) is 0. The zero-order valence-electron chi connectivity index (χ0n) is 12.1. The van der Waals surface area contributed by atoms with Crippen LogP contribution in [0.1, 0.15) is 61.3 Å². The molecule has 0 aromatic rings. The van der Waals surface area contributed by atoms with Crippen LogP contribution in [0.2, 0.25) is 0 Å². The maximum atomic E-state index is 6.06. The molecule has 98 valence electrons. The van der Waals surface area contributed by atoms with E-state index in [1.807, 2.05) is 0 Å². The summed E-state index contributed by atoms with van der Waals surface area (Å²) >= 11 is 2.51. The lowest BCUT2D eigenvalue weighted by Gasteiger charge is -2.34. The second-order valence-corrected chi connectivity index (χ2v) is 7.98. The number of rotatable bonds is 7. The molecule has 2 unspecified atom stereocenters. The largest absolute Gasteiger partial charge is 0.375 e. The van der Waals surface area contributed by atoms with Crippen molar-refractivity contribution in [2.24, 2.45) is 11.3 Å². The van der Waals surface area contributed by atoms with E-state index in [2.05, 4.69) is 71.1 Å². The van der Waals surface area contributed by atoms with Crippen LogP contribution in [0.3, 0.4) is 0 Å². The van der Waals surface area contributed by atoms with E-state index in [9.17, 15) is 0 Å². The van der Waals surface area contributed by atoms with Crippen LogP contribution >= 0.6 is 22.6 Å². The lowest BCUT2D eigenvalue weighted by Crippen LogP contribution is -2.34. The fraction of sp³-hybridized carbons (Fsp3) is 1.00. The fourth-order valence-corrected chi connectivity index (χ4v) is 1.72. The summed E-state index contributed by atoms with van der Waals surface area (Å²) in [5.74, 6) is 0.618. The first kappa shape index (κ1) is 16.7. The molecule has 0 N–H and O–H groups in total. The Morgan fingerprint density at radius 3 is 2.00 bits per heavy atom. The third kappa shape index (κ3) is 5.35. The molecule has 0 aliphatic rings. The average Bonchev–Trinajstić information content (AvgIpc) is 2.15. The van der Waals surface area contributed by atoms with Crippen LogP contribution in [0.15, 0.2) is 0 Å². The van der Waals surface area contributed by atoms with Gasteiger partial charge in [-0.25, -0.2) is 0 Å². The van der Waals surface area contributed by atoms with Gasteiger partial charge in [-0.1, -0.05) is 63.6 Å². The quantitative estimate of drug-likeness (QED) is 0.465. The summed E-state index contributed by atoms with van der Waals surface area (Å²) in [5.41, 5.74) is 0.380. The SMILES string of the molecule is CCC(C)C(C)(C)OCCC(C)(C)C(C)I. The van der Waals surface area contributed by atoms with Gasteiger partial charge in [0.1, 0.15) is 0 Å². The molecule has 0 amide bonds. The zero-order valence-corrected chi connectivity index (χ0v) is 14.2. The lowest BCUT2D eigenvalue weighted by atomic mass is 9.86. The predicted molar refractivity (Wildman–Crippen MR) is 81.4 cm³/mol. The minimum atomic E-state index is 0.0132. The van der Waals surface area contributed by atoms with E-state index in [4.69, 9.17) is 4.74 Å². The van der Waals surface area contributed by atoms with Crippen molar-refractivity contribution in [3.63, 3.8) is 0 Å². The Hall–Kier alpha value is 0.690. The molecular formula is C14H29IO. The normalized spacial score (nSPS) is 17.2. The number of hydrogen-bond acceptors (Lipinski definition) is 1. The average molecular weight is 340 g/mol. The molecule has 1 nitrogen and oxygen atoms in total. The van der Waals surface area contributed by atoms with Crippen LogP contribution in [-0.4, -0.2) is 16.1 Å². The van der Waals surface area contributed by atoms with Crippen molar-refractivity contribution in [2.75, 3.05) is 6.61 Å². The third-order valence-corrected chi connectivity index (χ3v) is 5.78. The van der Waals surface area contributed by atoms with Gasteiger partial charge in [0.05, 0.1) is 5.60 Å². The van der Waals surface area contributed by atoms with Crippen LogP contribution < -0.4 is 0 Å². The topological polar surface area (TPSA) is 9.23 Å². The van der Waals surface area contributed by atoms with Gasteiger partial charge >= 0.3 is 0 Å². The third-order valence-electron chi connectivity index (χ3n) is 4.10. The van der Waals surface area contributed by atoms with Crippen molar-refractivity contribution >= 4 is 22.6 Å². The number of halogens is 1. The highest BCUT2D eigenvalue weighted by Gasteiger charge is 2.28. The summed E-state index contributed by atoms with van der Waals surface area (Å²) in [7, 11) is 0. The molecular weight excluding hydrogens is 311 g/mol. The van der Waals surface area contributed by atoms with Gasteiger partial charge in [-0.15, -0.1) is 0 Å². The highest BCUT2D eigenvalue weighted by molar-refractivity contribution is 14.1. The van der Waals surface area contributed by atoms with Crippen molar-refractivity contribution in [3.05, 3.63) is 0 Å². The molecule has 0 rings (SSSR count). The minimum Gasteiger partial charge on any atom is -0.375 e. The molecule has 0 fully saturated rings. The van der Waals surface area contributed by atoms with Gasteiger partial charge in [-0.05, 0) is 31.6 Å². The lowest BCUT2D eigenvalue weighted by molar-refractivity contribution is -0.0642. The fourth-order valence-electron chi connectivity index (χ4n) is 1.41. The van der Waals surface area contributed by atoms with Crippen LogP contribution in [0, 0.1) is 11.3 Å². The summed E-state index contributed by atoms with van der Waals surface area (Å²) < 4.78 is 6.75. The Balaban J connectivity index is 4.08. The van der Waals surface area contributed by atoms with E-state index in [1.165, 1.54) is 6.42 Å². The second kappa shape index (κ2) is 6.58. The van der Waals surface area contributed by atoms with Gasteiger partial charge < -0.3 is 4.74 Å². The molecule has 0 aromatic carbocycles. The zero-order chi connectivity index (χ0) is 13.0. The molecule has 2 atom stereocenters. The van der Waals surface area contributed by atoms with Gasteiger partial charge in [0.25, 0.3) is 0 Å². The van der Waals surface area contributed by atoms with Crippen LogP contribution in [-0.2, 0) is 4.74 Å². The first-order valence-corrected chi connectivity index (χ1v) is 7.66. The molecule has 0 aliphatic heterocycles. The molecule has 2 heteroatoms. The van der Waals surface area contributed by atoms with Crippen LogP contribution in [0.5, 0.6) is 0 Å².